The molecule has 0 unspecified atom stereocenters. The molecule has 0 amide bonds. The van der Waals surface area contributed by atoms with Gasteiger partial charge in [-0.05, 0) is 44.0 Å². The summed E-state index contributed by atoms with van der Waals surface area (Å²) in [5, 5.41) is 3.34. The van der Waals surface area contributed by atoms with E-state index >= 15 is 0 Å². The molecule has 0 radical (unpaired) electrons. The smallest absolute Gasteiger partial charge is 0.125 e. The summed E-state index contributed by atoms with van der Waals surface area (Å²) < 4.78 is 11.1. The fourth-order valence-electron chi connectivity index (χ4n) is 1.99. The van der Waals surface area contributed by atoms with Gasteiger partial charge in [0.15, 0.2) is 0 Å². The lowest BCUT2D eigenvalue weighted by atomic mass is 10.1. The third-order valence-corrected chi connectivity index (χ3v) is 2.78. The van der Waals surface area contributed by atoms with E-state index in [9.17, 15) is 0 Å². The molecule has 0 atom stereocenters. The van der Waals surface area contributed by atoms with Crippen LogP contribution in [0.5, 0.6) is 5.75 Å². The van der Waals surface area contributed by atoms with Gasteiger partial charge >= 0.3 is 0 Å². The molecule has 0 aliphatic rings. The second-order valence-corrected chi connectivity index (χ2v) is 4.38. The van der Waals surface area contributed by atoms with Crippen LogP contribution in [0.2, 0.25) is 0 Å². The van der Waals surface area contributed by atoms with Crippen LogP contribution in [0.1, 0.15) is 30.5 Å². The van der Waals surface area contributed by atoms with E-state index in [-0.39, 0.29) is 0 Å². The van der Waals surface area contributed by atoms with Crippen molar-refractivity contribution < 1.29 is 9.47 Å². The van der Waals surface area contributed by atoms with Crippen molar-refractivity contribution >= 4 is 0 Å². The molecule has 0 aliphatic carbocycles. The lowest BCUT2D eigenvalue weighted by Gasteiger charge is -2.14. The standard InChI is InChI=1S/C15H25NO2/c1-5-16-11-14-9-12(3)15(13(4)10-14)18-8-7-17-6-2/h9-10,16H,5-8,11H2,1-4H3. The average Bonchev–Trinajstić information content (AvgIpc) is 2.34. The Morgan fingerprint density at radius 3 is 2.28 bits per heavy atom. The molecule has 0 aliphatic heterocycles. The van der Waals surface area contributed by atoms with Gasteiger partial charge in [-0.2, -0.15) is 0 Å². The van der Waals surface area contributed by atoms with Crippen molar-refractivity contribution in [2.75, 3.05) is 26.4 Å². The summed E-state index contributed by atoms with van der Waals surface area (Å²) in [6, 6.07) is 4.37. The molecule has 0 spiro atoms. The van der Waals surface area contributed by atoms with Gasteiger partial charge in [0, 0.05) is 13.2 Å². The molecule has 3 heteroatoms. The van der Waals surface area contributed by atoms with Crippen LogP contribution in [0.25, 0.3) is 0 Å². The maximum Gasteiger partial charge on any atom is 0.125 e. The third kappa shape index (κ3) is 4.67. The van der Waals surface area contributed by atoms with E-state index in [0.29, 0.717) is 13.2 Å². The number of hydrogen-bond acceptors (Lipinski definition) is 3. The quantitative estimate of drug-likeness (QED) is 0.721. The molecular formula is C15H25NO2. The zero-order chi connectivity index (χ0) is 13.4. The summed E-state index contributed by atoms with van der Waals surface area (Å²) in [5.74, 6) is 0.995. The summed E-state index contributed by atoms with van der Waals surface area (Å²) in [6.07, 6.45) is 0. The molecule has 1 aromatic carbocycles. The van der Waals surface area contributed by atoms with Crippen molar-refractivity contribution in [3.63, 3.8) is 0 Å². The van der Waals surface area contributed by atoms with Crippen LogP contribution in [0.3, 0.4) is 0 Å². The zero-order valence-electron chi connectivity index (χ0n) is 12.0. The van der Waals surface area contributed by atoms with Crippen molar-refractivity contribution in [3.8, 4) is 5.75 Å². The Bertz CT molecular complexity index is 341. The van der Waals surface area contributed by atoms with Crippen LogP contribution in [-0.2, 0) is 11.3 Å². The molecule has 0 fully saturated rings. The number of rotatable bonds is 8. The Kier molecular flexibility index (Phi) is 6.76. The topological polar surface area (TPSA) is 30.5 Å². The summed E-state index contributed by atoms with van der Waals surface area (Å²) in [4.78, 5) is 0. The molecule has 1 aromatic rings. The molecule has 0 aromatic heterocycles. The Labute approximate surface area is 110 Å². The van der Waals surface area contributed by atoms with Gasteiger partial charge in [0.05, 0.1) is 6.61 Å². The Hall–Kier alpha value is -1.06. The van der Waals surface area contributed by atoms with Crippen molar-refractivity contribution in [2.24, 2.45) is 0 Å². The Morgan fingerprint density at radius 2 is 1.72 bits per heavy atom. The van der Waals surface area contributed by atoms with Crippen molar-refractivity contribution in [3.05, 3.63) is 28.8 Å². The largest absolute Gasteiger partial charge is 0.491 e. The SMILES string of the molecule is CCNCc1cc(C)c(OCCOCC)c(C)c1. The Balaban J connectivity index is 2.62. The van der Waals surface area contributed by atoms with Gasteiger partial charge in [0.25, 0.3) is 0 Å². The van der Waals surface area contributed by atoms with Crippen molar-refractivity contribution in [1.29, 1.82) is 0 Å². The highest BCUT2D eigenvalue weighted by Crippen LogP contribution is 2.24. The number of nitrogens with one attached hydrogen (secondary N) is 1. The van der Waals surface area contributed by atoms with Gasteiger partial charge in [0.1, 0.15) is 12.4 Å². The molecular weight excluding hydrogens is 226 g/mol. The van der Waals surface area contributed by atoms with E-state index in [2.05, 4.69) is 38.2 Å². The Morgan fingerprint density at radius 1 is 1.06 bits per heavy atom. The molecule has 1 rings (SSSR count). The predicted octanol–water partition coefficient (Wildman–Crippen LogP) is 2.83. The van der Waals surface area contributed by atoms with Gasteiger partial charge in [0.2, 0.25) is 0 Å². The van der Waals surface area contributed by atoms with Gasteiger partial charge in [-0.15, -0.1) is 0 Å². The highest BCUT2D eigenvalue weighted by atomic mass is 16.5. The van der Waals surface area contributed by atoms with E-state index in [1.54, 1.807) is 0 Å². The van der Waals surface area contributed by atoms with Gasteiger partial charge in [-0.3, -0.25) is 0 Å². The van der Waals surface area contributed by atoms with Gasteiger partial charge in [-0.25, -0.2) is 0 Å². The van der Waals surface area contributed by atoms with Crippen LogP contribution in [-0.4, -0.2) is 26.4 Å². The number of ether oxygens (including phenoxy) is 2. The van der Waals surface area contributed by atoms with E-state index in [0.717, 1.165) is 25.4 Å². The fourth-order valence-corrected chi connectivity index (χ4v) is 1.99. The minimum atomic E-state index is 0.613. The first-order valence-electron chi connectivity index (χ1n) is 6.70. The molecule has 0 bridgehead atoms. The molecule has 18 heavy (non-hydrogen) atoms. The average molecular weight is 251 g/mol. The van der Waals surface area contributed by atoms with E-state index in [1.165, 1.54) is 16.7 Å². The first-order valence-corrected chi connectivity index (χ1v) is 6.70. The summed E-state index contributed by atoms with van der Waals surface area (Å²) in [7, 11) is 0. The summed E-state index contributed by atoms with van der Waals surface area (Å²) in [6.45, 7) is 12.2. The van der Waals surface area contributed by atoms with Crippen LogP contribution < -0.4 is 10.1 Å². The summed E-state index contributed by atoms with van der Waals surface area (Å²) in [5.41, 5.74) is 3.70. The highest BCUT2D eigenvalue weighted by molar-refractivity contribution is 5.43. The molecule has 0 saturated heterocycles. The van der Waals surface area contributed by atoms with Crippen LogP contribution in [0.15, 0.2) is 12.1 Å². The minimum absolute atomic E-state index is 0.613. The monoisotopic (exact) mass is 251 g/mol. The van der Waals surface area contributed by atoms with Crippen LogP contribution in [0.4, 0.5) is 0 Å². The fraction of sp³-hybridized carbons (Fsp3) is 0.600. The first kappa shape index (κ1) is 15.0. The summed E-state index contributed by atoms with van der Waals surface area (Å²) >= 11 is 0. The molecule has 102 valence electrons. The van der Waals surface area contributed by atoms with E-state index < -0.39 is 0 Å². The van der Waals surface area contributed by atoms with Gasteiger partial charge < -0.3 is 14.8 Å². The second-order valence-electron chi connectivity index (χ2n) is 4.38. The third-order valence-electron chi connectivity index (χ3n) is 2.78. The molecule has 3 nitrogen and oxygen atoms in total. The maximum absolute atomic E-state index is 5.78. The lowest BCUT2D eigenvalue weighted by molar-refractivity contribution is 0.109. The van der Waals surface area contributed by atoms with Gasteiger partial charge in [-0.1, -0.05) is 19.1 Å². The number of hydrogen-bond donors (Lipinski definition) is 1. The predicted molar refractivity (Wildman–Crippen MR) is 75.3 cm³/mol. The lowest BCUT2D eigenvalue weighted by Crippen LogP contribution is -2.13. The zero-order valence-corrected chi connectivity index (χ0v) is 12.0. The van der Waals surface area contributed by atoms with E-state index in [4.69, 9.17) is 9.47 Å². The second kappa shape index (κ2) is 8.11. The maximum atomic E-state index is 5.78. The highest BCUT2D eigenvalue weighted by Gasteiger charge is 2.06. The number of aryl methyl sites for hydroxylation is 2. The number of benzene rings is 1. The normalized spacial score (nSPS) is 10.7. The first-order chi connectivity index (χ1) is 8.69. The molecule has 0 saturated carbocycles. The van der Waals surface area contributed by atoms with E-state index in [1.807, 2.05) is 6.92 Å². The van der Waals surface area contributed by atoms with Crippen LogP contribution >= 0.6 is 0 Å². The minimum Gasteiger partial charge on any atom is -0.491 e. The molecule has 0 heterocycles. The van der Waals surface area contributed by atoms with Crippen molar-refractivity contribution in [1.82, 2.24) is 5.32 Å². The van der Waals surface area contributed by atoms with Crippen LogP contribution in [0, 0.1) is 13.8 Å². The molecule has 1 N–H and O–H groups in total. The van der Waals surface area contributed by atoms with Crippen molar-refractivity contribution in [2.45, 2.75) is 34.2 Å².